The van der Waals surface area contributed by atoms with Gasteiger partial charge in [-0.15, -0.1) is 0 Å². The molecule has 21 heavy (non-hydrogen) atoms. The molecule has 7 nitrogen and oxygen atoms in total. The van der Waals surface area contributed by atoms with Crippen LogP contribution in [0.3, 0.4) is 0 Å². The smallest absolute Gasteiger partial charge is 0.327 e. The standard InChI is InChI=1S/C14H19N3O4/c1-4-21-13(19)9-17(16(3)10(2)18)14(20)11-7-5-6-8-12(11)15/h5-8H,4,9,15H2,1-3H3. The van der Waals surface area contributed by atoms with Crippen molar-refractivity contribution in [3.05, 3.63) is 29.8 Å². The van der Waals surface area contributed by atoms with Crippen molar-refractivity contribution in [1.29, 1.82) is 0 Å². The van der Waals surface area contributed by atoms with Crippen molar-refractivity contribution in [3.63, 3.8) is 0 Å². The SMILES string of the molecule is CCOC(=O)CN(C(=O)c1ccccc1N)N(C)C(C)=O. The number of benzene rings is 1. The molecule has 0 fully saturated rings. The molecule has 0 saturated carbocycles. The van der Waals surface area contributed by atoms with E-state index in [2.05, 4.69) is 0 Å². The molecule has 0 bridgehead atoms. The molecule has 0 saturated heterocycles. The lowest BCUT2D eigenvalue weighted by Gasteiger charge is -2.30. The fraction of sp³-hybridized carbons (Fsp3) is 0.357. The van der Waals surface area contributed by atoms with Crippen LogP contribution in [-0.4, -0.2) is 48.0 Å². The van der Waals surface area contributed by atoms with Gasteiger partial charge < -0.3 is 10.5 Å². The molecule has 2 amide bonds. The van der Waals surface area contributed by atoms with Crippen LogP contribution < -0.4 is 5.73 Å². The number of esters is 1. The third kappa shape index (κ3) is 4.20. The van der Waals surface area contributed by atoms with E-state index < -0.39 is 11.9 Å². The third-order valence-electron chi connectivity index (χ3n) is 2.83. The number of rotatable bonds is 4. The number of para-hydroxylation sites is 1. The maximum Gasteiger partial charge on any atom is 0.327 e. The molecule has 7 heteroatoms. The Morgan fingerprint density at radius 1 is 1.24 bits per heavy atom. The van der Waals surface area contributed by atoms with E-state index in [1.54, 1.807) is 25.1 Å². The first kappa shape index (κ1) is 16.5. The summed E-state index contributed by atoms with van der Waals surface area (Å²) in [6.45, 7) is 2.78. The highest BCUT2D eigenvalue weighted by Crippen LogP contribution is 2.14. The Bertz CT molecular complexity index is 545. The number of amides is 2. The molecule has 0 unspecified atom stereocenters. The van der Waals surface area contributed by atoms with Crippen molar-refractivity contribution < 1.29 is 19.1 Å². The average molecular weight is 293 g/mol. The molecular weight excluding hydrogens is 274 g/mol. The van der Waals surface area contributed by atoms with Crippen LogP contribution in [-0.2, 0) is 14.3 Å². The van der Waals surface area contributed by atoms with Gasteiger partial charge in [0.15, 0.2) is 0 Å². The molecule has 0 atom stereocenters. The number of hydrogen-bond donors (Lipinski definition) is 1. The van der Waals surface area contributed by atoms with E-state index in [-0.39, 0.29) is 30.3 Å². The van der Waals surface area contributed by atoms with Gasteiger partial charge in [0.25, 0.3) is 5.91 Å². The van der Waals surface area contributed by atoms with Crippen LogP contribution in [0.2, 0.25) is 0 Å². The van der Waals surface area contributed by atoms with Gasteiger partial charge in [-0.25, -0.2) is 5.01 Å². The number of nitrogens with zero attached hydrogens (tertiary/aromatic N) is 2. The lowest BCUT2D eigenvalue weighted by Crippen LogP contribution is -2.49. The monoisotopic (exact) mass is 293 g/mol. The van der Waals surface area contributed by atoms with Crippen LogP contribution in [0, 0.1) is 0 Å². The molecule has 0 aliphatic heterocycles. The summed E-state index contributed by atoms with van der Waals surface area (Å²) in [6, 6.07) is 6.45. The number of ether oxygens (including phenoxy) is 1. The first-order valence-corrected chi connectivity index (χ1v) is 6.44. The van der Waals surface area contributed by atoms with Crippen molar-refractivity contribution in [2.75, 3.05) is 25.9 Å². The number of hydrazine groups is 1. The lowest BCUT2D eigenvalue weighted by molar-refractivity contribution is -0.151. The number of carbonyl (C=O) groups excluding carboxylic acids is 3. The molecule has 0 aliphatic carbocycles. The molecule has 2 N–H and O–H groups in total. The van der Waals surface area contributed by atoms with Gasteiger partial charge in [0.1, 0.15) is 6.54 Å². The van der Waals surface area contributed by atoms with Crippen LogP contribution in [0.15, 0.2) is 24.3 Å². The van der Waals surface area contributed by atoms with Crippen LogP contribution in [0.1, 0.15) is 24.2 Å². The van der Waals surface area contributed by atoms with Crippen molar-refractivity contribution in [2.45, 2.75) is 13.8 Å². The third-order valence-corrected chi connectivity index (χ3v) is 2.83. The molecule has 1 aromatic rings. The van der Waals surface area contributed by atoms with E-state index in [1.807, 2.05) is 0 Å². The largest absolute Gasteiger partial charge is 0.465 e. The Labute approximate surface area is 123 Å². The van der Waals surface area contributed by atoms with Gasteiger partial charge in [-0.2, -0.15) is 0 Å². The number of nitrogens with two attached hydrogens (primary N) is 1. The summed E-state index contributed by atoms with van der Waals surface area (Å²) >= 11 is 0. The molecule has 1 rings (SSSR count). The van der Waals surface area contributed by atoms with Crippen LogP contribution >= 0.6 is 0 Å². The molecule has 0 aliphatic rings. The highest BCUT2D eigenvalue weighted by molar-refractivity contribution is 6.01. The van der Waals surface area contributed by atoms with Crippen molar-refractivity contribution >= 4 is 23.5 Å². The summed E-state index contributed by atoms with van der Waals surface area (Å²) < 4.78 is 4.82. The molecule has 0 radical (unpaired) electrons. The van der Waals surface area contributed by atoms with E-state index in [1.165, 1.54) is 20.0 Å². The van der Waals surface area contributed by atoms with Gasteiger partial charge in [-0.3, -0.25) is 19.4 Å². The van der Waals surface area contributed by atoms with Crippen LogP contribution in [0.5, 0.6) is 0 Å². The molecule has 114 valence electrons. The number of nitrogen functional groups attached to an aromatic ring is 1. The Balaban J connectivity index is 3.06. The van der Waals surface area contributed by atoms with E-state index in [9.17, 15) is 14.4 Å². The Kier molecular flexibility index (Phi) is 5.71. The van der Waals surface area contributed by atoms with E-state index in [0.717, 1.165) is 10.0 Å². The Morgan fingerprint density at radius 3 is 2.38 bits per heavy atom. The number of carbonyl (C=O) groups is 3. The predicted molar refractivity (Wildman–Crippen MR) is 77.0 cm³/mol. The minimum atomic E-state index is -0.603. The van der Waals surface area contributed by atoms with Crippen molar-refractivity contribution in [1.82, 2.24) is 10.0 Å². The summed E-state index contributed by atoms with van der Waals surface area (Å²) in [6.07, 6.45) is 0. The van der Waals surface area contributed by atoms with Gasteiger partial charge >= 0.3 is 5.97 Å². The quantitative estimate of drug-likeness (QED) is 0.500. The average Bonchev–Trinajstić information content (AvgIpc) is 2.44. The lowest BCUT2D eigenvalue weighted by atomic mass is 10.1. The second-order valence-corrected chi connectivity index (χ2v) is 4.30. The summed E-state index contributed by atoms with van der Waals surface area (Å²) in [4.78, 5) is 35.6. The van der Waals surface area contributed by atoms with Crippen LogP contribution in [0.4, 0.5) is 5.69 Å². The maximum atomic E-state index is 12.5. The zero-order chi connectivity index (χ0) is 16.0. The maximum absolute atomic E-state index is 12.5. The minimum Gasteiger partial charge on any atom is -0.465 e. The van der Waals surface area contributed by atoms with E-state index >= 15 is 0 Å². The first-order valence-electron chi connectivity index (χ1n) is 6.44. The van der Waals surface area contributed by atoms with Gasteiger partial charge in [-0.05, 0) is 19.1 Å². The minimum absolute atomic E-state index is 0.193. The van der Waals surface area contributed by atoms with Gasteiger partial charge in [-0.1, -0.05) is 12.1 Å². The Hall–Kier alpha value is -2.57. The van der Waals surface area contributed by atoms with Gasteiger partial charge in [0.05, 0.1) is 12.2 Å². The normalized spacial score (nSPS) is 9.86. The summed E-state index contributed by atoms with van der Waals surface area (Å²) in [5.74, 6) is -1.53. The van der Waals surface area contributed by atoms with E-state index in [0.29, 0.717) is 0 Å². The Morgan fingerprint density at radius 2 is 1.86 bits per heavy atom. The highest BCUT2D eigenvalue weighted by atomic mass is 16.5. The summed E-state index contributed by atoms with van der Waals surface area (Å²) in [5.41, 5.74) is 6.25. The highest BCUT2D eigenvalue weighted by Gasteiger charge is 2.26. The van der Waals surface area contributed by atoms with Gasteiger partial charge in [0, 0.05) is 19.7 Å². The molecule has 1 aromatic carbocycles. The van der Waals surface area contributed by atoms with Crippen LogP contribution in [0.25, 0.3) is 0 Å². The van der Waals surface area contributed by atoms with Crippen molar-refractivity contribution in [2.24, 2.45) is 0 Å². The molecular formula is C14H19N3O4. The molecule has 0 aromatic heterocycles. The number of hydrogen-bond acceptors (Lipinski definition) is 5. The second kappa shape index (κ2) is 7.28. The van der Waals surface area contributed by atoms with Crippen molar-refractivity contribution in [3.8, 4) is 0 Å². The zero-order valence-electron chi connectivity index (χ0n) is 12.3. The number of anilines is 1. The fourth-order valence-electron chi connectivity index (χ4n) is 1.64. The second-order valence-electron chi connectivity index (χ2n) is 4.30. The van der Waals surface area contributed by atoms with Gasteiger partial charge in [0.2, 0.25) is 5.91 Å². The fourth-order valence-corrected chi connectivity index (χ4v) is 1.64. The summed E-state index contributed by atoms with van der Waals surface area (Å²) in [7, 11) is 1.40. The predicted octanol–water partition coefficient (Wildman–Crippen LogP) is 0.667. The topological polar surface area (TPSA) is 92.9 Å². The summed E-state index contributed by atoms with van der Waals surface area (Å²) in [5, 5.41) is 2.07. The molecule has 0 spiro atoms. The zero-order valence-corrected chi connectivity index (χ0v) is 12.3. The van der Waals surface area contributed by atoms with E-state index in [4.69, 9.17) is 10.5 Å². The first-order chi connectivity index (χ1) is 9.88. The molecule has 0 heterocycles.